The summed E-state index contributed by atoms with van der Waals surface area (Å²) in [5.41, 5.74) is 1.07. The number of hydrogen-bond donors (Lipinski definition) is 2. The van der Waals surface area contributed by atoms with E-state index in [1.54, 1.807) is 11.7 Å². The summed E-state index contributed by atoms with van der Waals surface area (Å²) in [5.74, 6) is 0.519. The van der Waals surface area contributed by atoms with Gasteiger partial charge < -0.3 is 10.3 Å². The predicted octanol–water partition coefficient (Wildman–Crippen LogP) is 1.20. The highest BCUT2D eigenvalue weighted by Gasteiger charge is 2.30. The molecule has 138 valence electrons. The lowest BCUT2D eigenvalue weighted by Gasteiger charge is -2.21. The van der Waals surface area contributed by atoms with E-state index in [2.05, 4.69) is 20.5 Å². The largest absolute Gasteiger partial charge is 0.337 e. The van der Waals surface area contributed by atoms with E-state index in [-0.39, 0.29) is 11.7 Å². The summed E-state index contributed by atoms with van der Waals surface area (Å²) in [6.07, 6.45) is 2.37. The van der Waals surface area contributed by atoms with Gasteiger partial charge in [-0.15, -0.1) is 22.0 Å². The minimum absolute atomic E-state index is 0.102. The summed E-state index contributed by atoms with van der Waals surface area (Å²) in [5, 5.41) is 13.2. The number of aromatic amines is 1. The number of hydrogen-bond acceptors (Lipinski definition) is 5. The van der Waals surface area contributed by atoms with Gasteiger partial charge in [-0.3, -0.25) is 19.3 Å². The fourth-order valence-corrected chi connectivity index (χ4v) is 3.94. The molecular formula is C18H18N6O2S. The molecule has 2 aromatic heterocycles. The highest BCUT2D eigenvalue weighted by Crippen LogP contribution is 2.23. The highest BCUT2D eigenvalue weighted by molar-refractivity contribution is 7.99. The third-order valence-corrected chi connectivity index (χ3v) is 5.42. The third-order valence-electron chi connectivity index (χ3n) is 4.30. The van der Waals surface area contributed by atoms with E-state index in [4.69, 9.17) is 0 Å². The Kier molecular flexibility index (Phi) is 4.68. The second kappa shape index (κ2) is 7.28. The normalized spacial score (nSPS) is 16.7. The highest BCUT2D eigenvalue weighted by atomic mass is 32.2. The van der Waals surface area contributed by atoms with Crippen molar-refractivity contribution in [2.75, 3.05) is 17.8 Å². The van der Waals surface area contributed by atoms with E-state index in [9.17, 15) is 9.59 Å². The van der Waals surface area contributed by atoms with Crippen LogP contribution >= 0.6 is 11.8 Å². The lowest BCUT2D eigenvalue weighted by molar-refractivity contribution is -0.121. The van der Waals surface area contributed by atoms with Gasteiger partial charge in [0.1, 0.15) is 11.9 Å². The van der Waals surface area contributed by atoms with Gasteiger partial charge in [-0.05, 0) is 17.7 Å². The smallest absolute Gasteiger partial charge is 0.289 e. The number of fused-ring (bicyclic) bond motifs is 1. The van der Waals surface area contributed by atoms with Crippen molar-refractivity contribution < 1.29 is 9.59 Å². The van der Waals surface area contributed by atoms with Crippen molar-refractivity contribution in [3.63, 3.8) is 0 Å². The number of amides is 2. The molecule has 2 N–H and O–H groups in total. The molecule has 3 aromatic rings. The second-order valence-corrected chi connectivity index (χ2v) is 7.21. The predicted molar refractivity (Wildman–Crippen MR) is 101 cm³/mol. The topological polar surface area (TPSA) is 95.9 Å². The van der Waals surface area contributed by atoms with Gasteiger partial charge in [-0.2, -0.15) is 0 Å². The number of aromatic nitrogens is 4. The molecule has 9 heteroatoms. The Morgan fingerprint density at radius 2 is 2.07 bits per heavy atom. The number of nitrogens with one attached hydrogen (secondary N) is 2. The van der Waals surface area contributed by atoms with Crippen LogP contribution in [0.5, 0.6) is 0 Å². The Morgan fingerprint density at radius 1 is 1.26 bits per heavy atom. The molecule has 4 rings (SSSR count). The first-order valence-corrected chi connectivity index (χ1v) is 9.45. The Labute approximate surface area is 159 Å². The Morgan fingerprint density at radius 3 is 2.89 bits per heavy atom. The van der Waals surface area contributed by atoms with E-state index < -0.39 is 11.9 Å². The lowest BCUT2D eigenvalue weighted by atomic mass is 10.1. The number of likely N-dealkylation sites (N-methyl/N-ethyl adjacent to an activating group) is 1. The number of benzene rings is 1. The van der Waals surface area contributed by atoms with Crippen molar-refractivity contribution in [3.05, 3.63) is 65.9 Å². The maximum atomic E-state index is 12.6. The fraction of sp³-hybridized carbons (Fsp3) is 0.222. The van der Waals surface area contributed by atoms with Crippen LogP contribution in [0.1, 0.15) is 22.0 Å². The SMILES string of the molecule is CN1C(=O)C(NC(=O)c2nnc(Cc3ccccc3)[nH]2)CSc2cccn21. The van der Waals surface area contributed by atoms with Crippen molar-refractivity contribution in [2.45, 2.75) is 17.5 Å². The van der Waals surface area contributed by atoms with Crippen molar-refractivity contribution in [2.24, 2.45) is 0 Å². The number of carbonyl (C=O) groups excluding carboxylic acids is 2. The van der Waals surface area contributed by atoms with Crippen LogP contribution in [0.4, 0.5) is 0 Å². The zero-order valence-corrected chi connectivity index (χ0v) is 15.4. The number of nitrogens with zero attached hydrogens (tertiary/aromatic N) is 4. The standard InChI is InChI=1S/C18H18N6O2S/c1-23-18(26)13(11-27-15-8-5-9-24(15)23)19-17(25)16-20-14(21-22-16)10-12-6-3-2-4-7-12/h2-9,13H,10-11H2,1H3,(H,19,25)(H,20,21,22). The van der Waals surface area contributed by atoms with Crippen molar-refractivity contribution in [3.8, 4) is 0 Å². The van der Waals surface area contributed by atoms with Gasteiger partial charge in [0.2, 0.25) is 5.82 Å². The van der Waals surface area contributed by atoms with Crippen LogP contribution in [0.2, 0.25) is 0 Å². The molecule has 2 amide bonds. The molecule has 0 spiro atoms. The molecular weight excluding hydrogens is 364 g/mol. The first-order chi connectivity index (χ1) is 13.1. The van der Waals surface area contributed by atoms with E-state index >= 15 is 0 Å². The van der Waals surface area contributed by atoms with Gasteiger partial charge in [0, 0.05) is 25.4 Å². The van der Waals surface area contributed by atoms with Crippen molar-refractivity contribution >= 4 is 23.6 Å². The summed E-state index contributed by atoms with van der Waals surface area (Å²) in [7, 11) is 1.68. The third kappa shape index (κ3) is 3.59. The monoisotopic (exact) mass is 382 g/mol. The van der Waals surface area contributed by atoms with Crippen LogP contribution in [0.25, 0.3) is 0 Å². The zero-order chi connectivity index (χ0) is 18.8. The van der Waals surface area contributed by atoms with Crippen LogP contribution in [-0.2, 0) is 11.2 Å². The first-order valence-electron chi connectivity index (χ1n) is 8.46. The van der Waals surface area contributed by atoms with Crippen molar-refractivity contribution in [1.82, 2.24) is 25.2 Å². The Hall–Kier alpha value is -3.07. The maximum absolute atomic E-state index is 12.6. The molecule has 27 heavy (non-hydrogen) atoms. The summed E-state index contributed by atoms with van der Waals surface area (Å²) in [6.45, 7) is 0. The van der Waals surface area contributed by atoms with E-state index in [0.29, 0.717) is 18.0 Å². The molecule has 1 aliphatic heterocycles. The Balaban J connectivity index is 1.43. The van der Waals surface area contributed by atoms with Gasteiger partial charge in [-0.25, -0.2) is 0 Å². The van der Waals surface area contributed by atoms with Crippen LogP contribution in [0, 0.1) is 0 Å². The number of rotatable bonds is 4. The summed E-state index contributed by atoms with van der Waals surface area (Å²) in [6, 6.07) is 13.0. The lowest BCUT2D eigenvalue weighted by Crippen LogP contribution is -2.51. The molecule has 0 radical (unpaired) electrons. The summed E-state index contributed by atoms with van der Waals surface area (Å²) < 4.78 is 1.77. The van der Waals surface area contributed by atoms with Crippen LogP contribution < -0.4 is 10.3 Å². The van der Waals surface area contributed by atoms with Crippen LogP contribution in [0.3, 0.4) is 0 Å². The maximum Gasteiger partial charge on any atom is 0.289 e. The minimum atomic E-state index is -0.643. The zero-order valence-electron chi connectivity index (χ0n) is 14.6. The molecule has 1 unspecified atom stereocenters. The Bertz CT molecular complexity index is 967. The molecule has 8 nitrogen and oxygen atoms in total. The van der Waals surface area contributed by atoms with Crippen molar-refractivity contribution in [1.29, 1.82) is 0 Å². The number of thioether (sulfide) groups is 1. The van der Waals surface area contributed by atoms with Crippen LogP contribution in [0.15, 0.2) is 53.7 Å². The second-order valence-electron chi connectivity index (χ2n) is 6.17. The van der Waals surface area contributed by atoms with E-state index in [0.717, 1.165) is 10.6 Å². The molecule has 1 aromatic carbocycles. The molecule has 1 aliphatic rings. The molecule has 3 heterocycles. The molecule has 0 saturated heterocycles. The quantitative estimate of drug-likeness (QED) is 0.707. The van der Waals surface area contributed by atoms with Gasteiger partial charge in [0.25, 0.3) is 11.8 Å². The van der Waals surface area contributed by atoms with Crippen LogP contribution in [-0.4, -0.2) is 50.5 Å². The minimum Gasteiger partial charge on any atom is -0.337 e. The number of H-pyrrole nitrogens is 1. The van der Waals surface area contributed by atoms with Gasteiger partial charge in [0.15, 0.2) is 0 Å². The molecule has 1 atom stereocenters. The molecule has 0 fully saturated rings. The molecule has 0 aliphatic carbocycles. The molecule has 0 bridgehead atoms. The average molecular weight is 382 g/mol. The van der Waals surface area contributed by atoms with E-state index in [1.807, 2.05) is 48.7 Å². The van der Waals surface area contributed by atoms with E-state index in [1.165, 1.54) is 16.8 Å². The van der Waals surface area contributed by atoms with Gasteiger partial charge in [-0.1, -0.05) is 30.3 Å². The molecule has 0 saturated carbocycles. The average Bonchev–Trinajstić information content (AvgIpc) is 3.32. The fourth-order valence-electron chi connectivity index (χ4n) is 2.89. The number of carbonyl (C=O) groups is 2. The summed E-state index contributed by atoms with van der Waals surface area (Å²) in [4.78, 5) is 28.1. The summed E-state index contributed by atoms with van der Waals surface area (Å²) >= 11 is 1.52. The van der Waals surface area contributed by atoms with Gasteiger partial charge >= 0.3 is 0 Å². The van der Waals surface area contributed by atoms with Gasteiger partial charge in [0.05, 0.1) is 5.03 Å². The first kappa shape index (κ1) is 17.3.